The molecule has 0 spiro atoms. The van der Waals surface area contributed by atoms with Crippen LogP contribution in [-0.2, 0) is 4.79 Å². The van der Waals surface area contributed by atoms with Gasteiger partial charge in [0.2, 0.25) is 0 Å². The molecule has 0 amide bonds. The van der Waals surface area contributed by atoms with Crippen molar-refractivity contribution in [2.75, 3.05) is 7.11 Å². The Morgan fingerprint density at radius 2 is 1.95 bits per heavy atom. The van der Waals surface area contributed by atoms with Crippen LogP contribution in [0, 0.1) is 0 Å². The smallest absolute Gasteiger partial charge is 0.323 e. The first-order chi connectivity index (χ1) is 9.46. The van der Waals surface area contributed by atoms with Crippen molar-refractivity contribution < 1.29 is 14.6 Å². The summed E-state index contributed by atoms with van der Waals surface area (Å²) in [6, 6.07) is 7.78. The molecule has 0 saturated heterocycles. The zero-order valence-electron chi connectivity index (χ0n) is 12.8. The quantitative estimate of drug-likeness (QED) is 0.766. The fraction of sp³-hybridized carbons (Fsp3) is 0.562. The largest absolute Gasteiger partial charge is 0.497 e. The van der Waals surface area contributed by atoms with Crippen molar-refractivity contribution >= 4 is 5.97 Å². The lowest BCUT2D eigenvalue weighted by molar-refractivity contribution is -0.145. The lowest BCUT2D eigenvalue weighted by Gasteiger charge is -2.31. The van der Waals surface area contributed by atoms with E-state index in [1.54, 1.807) is 14.0 Å². The fourth-order valence-electron chi connectivity index (χ4n) is 2.38. The second kappa shape index (κ2) is 7.29. The van der Waals surface area contributed by atoms with Gasteiger partial charge in [-0.1, -0.05) is 32.4 Å². The van der Waals surface area contributed by atoms with Gasteiger partial charge >= 0.3 is 5.97 Å². The van der Waals surface area contributed by atoms with Crippen LogP contribution in [0.25, 0.3) is 0 Å². The first-order valence-electron chi connectivity index (χ1n) is 7.11. The molecule has 1 aromatic carbocycles. The summed E-state index contributed by atoms with van der Waals surface area (Å²) in [5.74, 6) is 0.00414. The SMILES string of the molecule is CCCC(C)(NC(CC)c1ccc(OC)cc1)C(=O)O. The number of carboxylic acids is 1. The third-order valence-electron chi connectivity index (χ3n) is 3.64. The van der Waals surface area contributed by atoms with E-state index < -0.39 is 11.5 Å². The molecule has 1 rings (SSSR count). The second-order valence-corrected chi connectivity index (χ2v) is 5.27. The molecule has 1 aromatic rings. The summed E-state index contributed by atoms with van der Waals surface area (Å²) in [4.78, 5) is 11.5. The highest BCUT2D eigenvalue weighted by Crippen LogP contribution is 2.24. The first kappa shape index (κ1) is 16.5. The van der Waals surface area contributed by atoms with Gasteiger partial charge in [-0.2, -0.15) is 0 Å². The zero-order valence-corrected chi connectivity index (χ0v) is 12.8. The Balaban J connectivity index is 2.91. The van der Waals surface area contributed by atoms with Gasteiger partial charge in [0.15, 0.2) is 0 Å². The lowest BCUT2D eigenvalue weighted by Crippen LogP contribution is -2.50. The number of ether oxygens (including phenoxy) is 1. The number of benzene rings is 1. The summed E-state index contributed by atoms with van der Waals surface area (Å²) in [6.07, 6.45) is 2.27. The fourth-order valence-corrected chi connectivity index (χ4v) is 2.38. The molecule has 0 heterocycles. The van der Waals surface area contributed by atoms with E-state index in [2.05, 4.69) is 12.2 Å². The molecule has 0 aliphatic carbocycles. The number of methoxy groups -OCH3 is 1. The Labute approximate surface area is 121 Å². The maximum absolute atomic E-state index is 11.5. The maximum atomic E-state index is 11.5. The molecular formula is C16H25NO3. The normalized spacial score (nSPS) is 15.4. The molecule has 4 heteroatoms. The van der Waals surface area contributed by atoms with Crippen molar-refractivity contribution in [2.45, 2.75) is 51.6 Å². The van der Waals surface area contributed by atoms with E-state index in [1.165, 1.54) is 0 Å². The highest BCUT2D eigenvalue weighted by atomic mass is 16.5. The van der Waals surface area contributed by atoms with Gasteiger partial charge in [0.1, 0.15) is 11.3 Å². The van der Waals surface area contributed by atoms with Crippen molar-refractivity contribution in [3.05, 3.63) is 29.8 Å². The third kappa shape index (κ3) is 3.97. The molecule has 2 unspecified atom stereocenters. The number of carbonyl (C=O) groups is 1. The maximum Gasteiger partial charge on any atom is 0.323 e. The van der Waals surface area contributed by atoms with Crippen LogP contribution in [-0.4, -0.2) is 23.7 Å². The van der Waals surface area contributed by atoms with Gasteiger partial charge in [-0.05, 0) is 37.5 Å². The Morgan fingerprint density at radius 3 is 2.35 bits per heavy atom. The van der Waals surface area contributed by atoms with Crippen LogP contribution in [0.4, 0.5) is 0 Å². The summed E-state index contributed by atoms with van der Waals surface area (Å²) in [6.45, 7) is 5.80. The number of rotatable bonds is 8. The predicted octanol–water partition coefficient (Wildman–Crippen LogP) is 3.38. The van der Waals surface area contributed by atoms with E-state index in [4.69, 9.17) is 4.74 Å². The van der Waals surface area contributed by atoms with E-state index in [-0.39, 0.29) is 6.04 Å². The molecule has 112 valence electrons. The molecule has 20 heavy (non-hydrogen) atoms. The van der Waals surface area contributed by atoms with Crippen molar-refractivity contribution in [2.24, 2.45) is 0 Å². The van der Waals surface area contributed by atoms with E-state index in [0.29, 0.717) is 6.42 Å². The highest BCUT2D eigenvalue weighted by molar-refractivity contribution is 5.78. The number of aliphatic carboxylic acids is 1. The van der Waals surface area contributed by atoms with Gasteiger partial charge < -0.3 is 9.84 Å². The molecule has 0 saturated carbocycles. The van der Waals surface area contributed by atoms with Crippen molar-refractivity contribution in [3.63, 3.8) is 0 Å². The molecule has 2 N–H and O–H groups in total. The molecule has 0 radical (unpaired) electrons. The molecule has 0 fully saturated rings. The average molecular weight is 279 g/mol. The van der Waals surface area contributed by atoms with Gasteiger partial charge in [-0.15, -0.1) is 0 Å². The number of carboxylic acid groups (broad SMARTS) is 1. The molecular weight excluding hydrogens is 254 g/mol. The van der Waals surface area contributed by atoms with Gasteiger partial charge in [-0.3, -0.25) is 10.1 Å². The topological polar surface area (TPSA) is 58.6 Å². The highest BCUT2D eigenvalue weighted by Gasteiger charge is 2.34. The van der Waals surface area contributed by atoms with Gasteiger partial charge in [0.05, 0.1) is 7.11 Å². The van der Waals surface area contributed by atoms with Crippen molar-refractivity contribution in [1.29, 1.82) is 0 Å². The zero-order chi connectivity index (χ0) is 15.2. The van der Waals surface area contributed by atoms with E-state index in [9.17, 15) is 9.90 Å². The minimum atomic E-state index is -0.893. The molecule has 0 bridgehead atoms. The first-order valence-corrected chi connectivity index (χ1v) is 7.11. The molecule has 2 atom stereocenters. The van der Waals surface area contributed by atoms with Gasteiger partial charge in [0, 0.05) is 6.04 Å². The van der Waals surface area contributed by atoms with Gasteiger partial charge in [-0.25, -0.2) is 0 Å². The van der Waals surface area contributed by atoms with Crippen molar-refractivity contribution in [3.8, 4) is 5.75 Å². The summed E-state index contributed by atoms with van der Waals surface area (Å²) in [5, 5.41) is 12.7. The van der Waals surface area contributed by atoms with Crippen molar-refractivity contribution in [1.82, 2.24) is 5.32 Å². The van der Waals surface area contributed by atoms with Crippen LogP contribution in [0.5, 0.6) is 5.75 Å². The number of hydrogen-bond acceptors (Lipinski definition) is 3. The van der Waals surface area contributed by atoms with Crippen LogP contribution < -0.4 is 10.1 Å². The Hall–Kier alpha value is -1.55. The molecule has 0 aliphatic heterocycles. The molecule has 4 nitrogen and oxygen atoms in total. The Bertz CT molecular complexity index is 430. The van der Waals surface area contributed by atoms with E-state index in [1.807, 2.05) is 31.2 Å². The van der Waals surface area contributed by atoms with E-state index in [0.717, 1.165) is 24.2 Å². The lowest BCUT2D eigenvalue weighted by atomic mass is 9.92. The summed E-state index contributed by atoms with van der Waals surface area (Å²) >= 11 is 0. The summed E-state index contributed by atoms with van der Waals surface area (Å²) in [7, 11) is 1.63. The monoisotopic (exact) mass is 279 g/mol. The van der Waals surface area contributed by atoms with Crippen LogP contribution in [0.1, 0.15) is 51.6 Å². The van der Waals surface area contributed by atoms with Crippen LogP contribution in [0.3, 0.4) is 0 Å². The summed E-state index contributed by atoms with van der Waals surface area (Å²) < 4.78 is 5.15. The number of nitrogens with one attached hydrogen (secondary N) is 1. The van der Waals surface area contributed by atoms with Gasteiger partial charge in [0.25, 0.3) is 0 Å². The second-order valence-electron chi connectivity index (χ2n) is 5.27. The average Bonchev–Trinajstić information content (AvgIpc) is 2.45. The Morgan fingerprint density at radius 1 is 1.35 bits per heavy atom. The third-order valence-corrected chi connectivity index (χ3v) is 3.64. The number of hydrogen-bond donors (Lipinski definition) is 2. The van der Waals surface area contributed by atoms with Crippen LogP contribution in [0.15, 0.2) is 24.3 Å². The van der Waals surface area contributed by atoms with Crippen LogP contribution >= 0.6 is 0 Å². The minimum Gasteiger partial charge on any atom is -0.497 e. The predicted molar refractivity (Wildman–Crippen MR) is 80.1 cm³/mol. The van der Waals surface area contributed by atoms with E-state index >= 15 is 0 Å². The Kier molecular flexibility index (Phi) is 6.02. The van der Waals surface area contributed by atoms with Crippen LogP contribution in [0.2, 0.25) is 0 Å². The molecule has 0 aliphatic rings. The summed E-state index contributed by atoms with van der Waals surface area (Å²) in [5.41, 5.74) is 0.187. The minimum absolute atomic E-state index is 0.0218. The molecule has 0 aromatic heterocycles. The standard InChI is InChI=1S/C16H25NO3/c1-5-11-16(3,15(18)19)17-14(6-2)12-7-9-13(20-4)10-8-12/h7-10,14,17H,5-6,11H2,1-4H3,(H,18,19).